The van der Waals surface area contributed by atoms with Gasteiger partial charge in [-0.15, -0.1) is 0 Å². The summed E-state index contributed by atoms with van der Waals surface area (Å²) in [5, 5.41) is 7.92. The third-order valence-corrected chi connectivity index (χ3v) is 5.62. The van der Waals surface area contributed by atoms with Gasteiger partial charge in [0.15, 0.2) is 0 Å². The van der Waals surface area contributed by atoms with Crippen molar-refractivity contribution in [3.8, 4) is 16.9 Å². The van der Waals surface area contributed by atoms with Gasteiger partial charge in [-0.25, -0.2) is 4.68 Å². The maximum absolute atomic E-state index is 12.4. The summed E-state index contributed by atoms with van der Waals surface area (Å²) in [7, 11) is 0. The van der Waals surface area contributed by atoms with Crippen LogP contribution < -0.4 is 5.32 Å². The van der Waals surface area contributed by atoms with Gasteiger partial charge in [-0.05, 0) is 57.1 Å². The highest BCUT2D eigenvalue weighted by Crippen LogP contribution is 2.25. The van der Waals surface area contributed by atoms with E-state index in [1.54, 1.807) is 0 Å². The topological polar surface area (TPSA) is 50.2 Å². The van der Waals surface area contributed by atoms with E-state index in [2.05, 4.69) is 61.5 Å². The van der Waals surface area contributed by atoms with E-state index in [0.29, 0.717) is 12.8 Å². The molecule has 1 N–H and O–H groups in total. The number of carbonyl (C=O) groups is 1. The minimum Gasteiger partial charge on any atom is -0.356 e. The van der Waals surface area contributed by atoms with Gasteiger partial charge in [0.25, 0.3) is 0 Å². The first kappa shape index (κ1) is 22.8. The monoisotopic (exact) mass is 418 g/mol. The zero-order chi connectivity index (χ0) is 22.1. The highest BCUT2D eigenvalue weighted by molar-refractivity contribution is 5.76. The normalized spacial score (nSPS) is 11.1. The third-order valence-electron chi connectivity index (χ3n) is 5.62. The van der Waals surface area contributed by atoms with Crippen LogP contribution in [0, 0.1) is 6.92 Å². The van der Waals surface area contributed by atoms with Crippen molar-refractivity contribution in [3.63, 3.8) is 0 Å². The number of benzene rings is 2. The Labute approximate surface area is 186 Å². The fourth-order valence-electron chi connectivity index (χ4n) is 3.67. The van der Waals surface area contributed by atoms with Gasteiger partial charge in [0.2, 0.25) is 5.91 Å². The van der Waals surface area contributed by atoms with E-state index >= 15 is 0 Å². The number of para-hydroxylation sites is 1. The molecule has 3 rings (SSSR count). The Bertz CT molecular complexity index is 943. The number of aryl methyl sites for hydroxylation is 2. The summed E-state index contributed by atoms with van der Waals surface area (Å²) in [6.07, 6.45) is 4.16. The Balaban J connectivity index is 1.66. The van der Waals surface area contributed by atoms with E-state index in [9.17, 15) is 4.79 Å². The minimum atomic E-state index is 0.0989. The summed E-state index contributed by atoms with van der Waals surface area (Å²) < 4.78 is 1.91. The van der Waals surface area contributed by atoms with Crippen molar-refractivity contribution in [1.82, 2.24) is 20.0 Å². The van der Waals surface area contributed by atoms with Crippen LogP contribution >= 0.6 is 0 Å². The summed E-state index contributed by atoms with van der Waals surface area (Å²) in [6, 6.07) is 18.5. The Hall–Kier alpha value is -2.92. The van der Waals surface area contributed by atoms with E-state index in [4.69, 9.17) is 5.10 Å². The summed E-state index contributed by atoms with van der Waals surface area (Å²) in [4.78, 5) is 14.8. The second-order valence-corrected chi connectivity index (χ2v) is 7.88. The third kappa shape index (κ3) is 6.53. The highest BCUT2D eigenvalue weighted by Gasteiger charge is 2.14. The van der Waals surface area contributed by atoms with Crippen LogP contribution in [0.4, 0.5) is 0 Å². The second kappa shape index (κ2) is 11.5. The first-order chi connectivity index (χ1) is 15.1. The summed E-state index contributed by atoms with van der Waals surface area (Å²) >= 11 is 0. The van der Waals surface area contributed by atoms with Gasteiger partial charge in [0.05, 0.1) is 11.4 Å². The van der Waals surface area contributed by atoms with Crippen molar-refractivity contribution < 1.29 is 4.79 Å². The average Bonchev–Trinajstić information content (AvgIpc) is 3.23. The van der Waals surface area contributed by atoms with E-state index in [1.807, 2.05) is 35.0 Å². The van der Waals surface area contributed by atoms with Crippen molar-refractivity contribution in [1.29, 1.82) is 0 Å². The van der Waals surface area contributed by atoms with Crippen LogP contribution in [-0.2, 0) is 11.2 Å². The SMILES string of the molecule is CCN(CC)CCCNC(=O)CCc1cn(-c2ccccc2)nc1-c1ccc(C)cc1. The molecule has 0 bridgehead atoms. The van der Waals surface area contributed by atoms with Crippen LogP contribution in [0.5, 0.6) is 0 Å². The van der Waals surface area contributed by atoms with Gasteiger partial charge in [0, 0.05) is 24.7 Å². The number of carbonyl (C=O) groups excluding carboxylic acids is 1. The van der Waals surface area contributed by atoms with Gasteiger partial charge in [-0.2, -0.15) is 5.10 Å². The standard InChI is InChI=1S/C26H34N4O/c1-4-29(5-2)19-9-18-27-25(31)17-16-23-20-30(24-10-7-6-8-11-24)28-26(23)22-14-12-21(3)13-15-22/h6-8,10-15,20H,4-5,9,16-19H2,1-3H3,(H,27,31). The van der Waals surface area contributed by atoms with E-state index in [0.717, 1.165) is 55.1 Å². The number of hydrogen-bond donors (Lipinski definition) is 1. The molecule has 0 saturated heterocycles. The molecule has 0 spiro atoms. The van der Waals surface area contributed by atoms with Gasteiger partial charge >= 0.3 is 0 Å². The van der Waals surface area contributed by atoms with E-state index in [-0.39, 0.29) is 5.91 Å². The molecular formula is C26H34N4O. The molecule has 0 radical (unpaired) electrons. The van der Waals surface area contributed by atoms with Gasteiger partial charge in [-0.3, -0.25) is 4.79 Å². The number of nitrogens with one attached hydrogen (secondary N) is 1. The smallest absolute Gasteiger partial charge is 0.220 e. The van der Waals surface area contributed by atoms with Crippen LogP contribution in [0.25, 0.3) is 16.9 Å². The fraction of sp³-hybridized carbons (Fsp3) is 0.385. The van der Waals surface area contributed by atoms with Crippen molar-refractivity contribution in [2.24, 2.45) is 0 Å². The number of rotatable bonds is 11. The van der Waals surface area contributed by atoms with Crippen LogP contribution in [0.2, 0.25) is 0 Å². The fourth-order valence-corrected chi connectivity index (χ4v) is 3.67. The lowest BCUT2D eigenvalue weighted by atomic mass is 10.0. The summed E-state index contributed by atoms with van der Waals surface area (Å²) in [5.41, 5.74) is 5.35. The van der Waals surface area contributed by atoms with Gasteiger partial charge in [0.1, 0.15) is 0 Å². The molecule has 5 heteroatoms. The maximum Gasteiger partial charge on any atom is 0.220 e. The van der Waals surface area contributed by atoms with Gasteiger partial charge in [-0.1, -0.05) is 61.9 Å². The Morgan fingerprint density at radius 2 is 1.74 bits per heavy atom. The van der Waals surface area contributed by atoms with Crippen molar-refractivity contribution >= 4 is 5.91 Å². The van der Waals surface area contributed by atoms with Crippen molar-refractivity contribution in [2.75, 3.05) is 26.2 Å². The predicted octanol–water partition coefficient (Wildman–Crippen LogP) is 4.63. The largest absolute Gasteiger partial charge is 0.356 e. The molecule has 31 heavy (non-hydrogen) atoms. The quantitative estimate of drug-likeness (QED) is 0.462. The van der Waals surface area contributed by atoms with E-state index in [1.165, 1.54) is 5.56 Å². The van der Waals surface area contributed by atoms with E-state index < -0.39 is 0 Å². The first-order valence-electron chi connectivity index (χ1n) is 11.3. The molecule has 0 fully saturated rings. The van der Waals surface area contributed by atoms with Crippen LogP contribution in [-0.4, -0.2) is 46.8 Å². The van der Waals surface area contributed by atoms with Crippen LogP contribution in [0.15, 0.2) is 60.8 Å². The lowest BCUT2D eigenvalue weighted by molar-refractivity contribution is -0.121. The number of amides is 1. The molecule has 5 nitrogen and oxygen atoms in total. The molecule has 1 amide bonds. The maximum atomic E-state index is 12.4. The molecule has 0 atom stereocenters. The summed E-state index contributed by atoms with van der Waals surface area (Å²) in [5.74, 6) is 0.0989. The van der Waals surface area contributed by atoms with Crippen molar-refractivity contribution in [2.45, 2.75) is 40.0 Å². The Kier molecular flexibility index (Phi) is 8.42. The molecule has 164 valence electrons. The molecule has 0 aliphatic rings. The number of hydrogen-bond acceptors (Lipinski definition) is 3. The number of aromatic nitrogens is 2. The molecule has 0 aliphatic heterocycles. The highest BCUT2D eigenvalue weighted by atomic mass is 16.1. The van der Waals surface area contributed by atoms with Crippen LogP contribution in [0.1, 0.15) is 37.8 Å². The second-order valence-electron chi connectivity index (χ2n) is 7.88. The predicted molar refractivity (Wildman–Crippen MR) is 127 cm³/mol. The molecule has 0 unspecified atom stereocenters. The summed E-state index contributed by atoms with van der Waals surface area (Å²) in [6.45, 7) is 10.3. The molecule has 1 heterocycles. The molecule has 3 aromatic rings. The van der Waals surface area contributed by atoms with Gasteiger partial charge < -0.3 is 10.2 Å². The first-order valence-corrected chi connectivity index (χ1v) is 11.3. The number of nitrogens with zero attached hydrogens (tertiary/aromatic N) is 3. The lowest BCUT2D eigenvalue weighted by Gasteiger charge is -2.17. The Morgan fingerprint density at radius 3 is 2.42 bits per heavy atom. The molecule has 0 aliphatic carbocycles. The molecule has 0 saturated carbocycles. The zero-order valence-electron chi connectivity index (χ0n) is 19.0. The Morgan fingerprint density at radius 1 is 1.03 bits per heavy atom. The molecular weight excluding hydrogens is 384 g/mol. The van der Waals surface area contributed by atoms with Crippen molar-refractivity contribution in [3.05, 3.63) is 71.9 Å². The zero-order valence-corrected chi connectivity index (χ0v) is 19.0. The van der Waals surface area contributed by atoms with Crippen LogP contribution in [0.3, 0.4) is 0 Å². The molecule has 1 aromatic heterocycles. The lowest BCUT2D eigenvalue weighted by Crippen LogP contribution is -2.30. The average molecular weight is 419 g/mol. The molecule has 2 aromatic carbocycles. The minimum absolute atomic E-state index is 0.0989.